The van der Waals surface area contributed by atoms with E-state index in [9.17, 15) is 4.79 Å². The highest BCUT2D eigenvalue weighted by atomic mass is 35.5. The Morgan fingerprint density at radius 1 is 1.44 bits per heavy atom. The van der Waals surface area contributed by atoms with Gasteiger partial charge in [-0.3, -0.25) is 4.79 Å². The zero-order valence-electron chi connectivity index (χ0n) is 9.77. The van der Waals surface area contributed by atoms with Crippen molar-refractivity contribution < 1.29 is 4.79 Å². The van der Waals surface area contributed by atoms with Gasteiger partial charge in [0.1, 0.15) is 0 Å². The average Bonchev–Trinajstić information content (AvgIpc) is 2.77. The van der Waals surface area contributed by atoms with Gasteiger partial charge in [0, 0.05) is 35.3 Å². The zero-order valence-corrected chi connectivity index (χ0v) is 11.3. The smallest absolute Gasteiger partial charge is 0.246 e. The normalized spacial score (nSPS) is 19.7. The molecule has 1 aliphatic rings. The van der Waals surface area contributed by atoms with Gasteiger partial charge in [0.15, 0.2) is 0 Å². The van der Waals surface area contributed by atoms with E-state index in [1.807, 2.05) is 0 Å². The highest BCUT2D eigenvalue weighted by molar-refractivity contribution is 6.34. The van der Waals surface area contributed by atoms with Crippen molar-refractivity contribution in [3.05, 3.63) is 39.9 Å². The molecule has 18 heavy (non-hydrogen) atoms. The number of nitrogens with two attached hydrogens (primary N) is 1. The lowest BCUT2D eigenvalue weighted by molar-refractivity contribution is -0.124. The summed E-state index contributed by atoms with van der Waals surface area (Å²) in [6, 6.07) is 5.24. The van der Waals surface area contributed by atoms with Crippen LogP contribution in [0.25, 0.3) is 6.08 Å². The van der Waals surface area contributed by atoms with Crippen molar-refractivity contribution in [3.8, 4) is 0 Å². The van der Waals surface area contributed by atoms with E-state index in [1.165, 1.54) is 6.08 Å². The Bertz CT molecular complexity index is 488. The number of carbonyl (C=O) groups is 1. The molecule has 96 valence electrons. The second kappa shape index (κ2) is 5.74. The molecule has 2 rings (SSSR count). The van der Waals surface area contributed by atoms with Gasteiger partial charge in [0.05, 0.1) is 0 Å². The van der Waals surface area contributed by atoms with Crippen molar-refractivity contribution >= 4 is 35.2 Å². The van der Waals surface area contributed by atoms with E-state index in [0.717, 1.165) is 12.0 Å². The number of carbonyl (C=O) groups excluding carboxylic acids is 1. The van der Waals surface area contributed by atoms with Gasteiger partial charge in [-0.1, -0.05) is 23.2 Å². The first-order valence-corrected chi connectivity index (χ1v) is 6.49. The van der Waals surface area contributed by atoms with Crippen molar-refractivity contribution in [1.29, 1.82) is 0 Å². The molecular formula is C13H14Cl2N2O. The van der Waals surface area contributed by atoms with Crippen LogP contribution in [0.4, 0.5) is 0 Å². The van der Waals surface area contributed by atoms with Gasteiger partial charge in [-0.05, 0) is 36.3 Å². The van der Waals surface area contributed by atoms with Crippen LogP contribution in [0.1, 0.15) is 12.0 Å². The topological polar surface area (TPSA) is 46.3 Å². The van der Waals surface area contributed by atoms with Crippen LogP contribution in [0.2, 0.25) is 10.0 Å². The summed E-state index contributed by atoms with van der Waals surface area (Å²) in [5, 5.41) is 1.16. The fourth-order valence-corrected chi connectivity index (χ4v) is 2.26. The average molecular weight is 285 g/mol. The van der Waals surface area contributed by atoms with Gasteiger partial charge in [-0.25, -0.2) is 0 Å². The van der Waals surface area contributed by atoms with Crippen molar-refractivity contribution in [3.63, 3.8) is 0 Å². The summed E-state index contributed by atoms with van der Waals surface area (Å²) < 4.78 is 0. The molecule has 1 aromatic rings. The fourth-order valence-electron chi connectivity index (χ4n) is 1.90. The van der Waals surface area contributed by atoms with Crippen LogP contribution in [0.3, 0.4) is 0 Å². The minimum absolute atomic E-state index is 0.0426. The van der Waals surface area contributed by atoms with Crippen molar-refractivity contribution in [1.82, 2.24) is 4.90 Å². The van der Waals surface area contributed by atoms with Gasteiger partial charge >= 0.3 is 0 Å². The zero-order chi connectivity index (χ0) is 13.1. The van der Waals surface area contributed by atoms with E-state index in [-0.39, 0.29) is 11.9 Å². The fraction of sp³-hybridized carbons (Fsp3) is 0.308. The standard InChI is InChI=1S/C13H14Cl2N2O/c14-10-2-3-12(15)9(7-10)1-4-13(18)17-6-5-11(16)8-17/h1-4,7,11H,5-6,8,16H2/t11-/m1/s1. The largest absolute Gasteiger partial charge is 0.338 e. The summed E-state index contributed by atoms with van der Waals surface area (Å²) >= 11 is 11.9. The third-order valence-corrected chi connectivity index (χ3v) is 3.48. The molecule has 1 heterocycles. The number of hydrogen-bond donors (Lipinski definition) is 1. The lowest BCUT2D eigenvalue weighted by atomic mass is 10.2. The second-order valence-corrected chi connectivity index (χ2v) is 5.18. The van der Waals surface area contributed by atoms with Gasteiger partial charge < -0.3 is 10.6 Å². The molecule has 3 nitrogen and oxygen atoms in total. The molecule has 0 saturated carbocycles. The summed E-state index contributed by atoms with van der Waals surface area (Å²) in [5.74, 6) is -0.0426. The maximum Gasteiger partial charge on any atom is 0.246 e. The van der Waals surface area contributed by atoms with E-state index in [1.54, 1.807) is 29.2 Å². The van der Waals surface area contributed by atoms with Crippen molar-refractivity contribution in [2.75, 3.05) is 13.1 Å². The molecule has 1 fully saturated rings. The van der Waals surface area contributed by atoms with Crippen LogP contribution in [0.15, 0.2) is 24.3 Å². The Morgan fingerprint density at radius 2 is 2.22 bits per heavy atom. The van der Waals surface area contributed by atoms with Gasteiger partial charge in [-0.2, -0.15) is 0 Å². The number of hydrogen-bond acceptors (Lipinski definition) is 2. The summed E-state index contributed by atoms with van der Waals surface area (Å²) in [4.78, 5) is 13.6. The van der Waals surface area contributed by atoms with Crippen molar-refractivity contribution in [2.45, 2.75) is 12.5 Å². The number of likely N-dealkylation sites (tertiary alicyclic amines) is 1. The molecule has 0 bridgehead atoms. The quantitative estimate of drug-likeness (QED) is 0.849. The van der Waals surface area contributed by atoms with E-state index < -0.39 is 0 Å². The minimum atomic E-state index is -0.0426. The first-order valence-electron chi connectivity index (χ1n) is 5.74. The summed E-state index contributed by atoms with van der Waals surface area (Å²) in [6.45, 7) is 1.33. The first kappa shape index (κ1) is 13.4. The molecule has 0 unspecified atom stereocenters. The third-order valence-electron chi connectivity index (χ3n) is 2.90. The minimum Gasteiger partial charge on any atom is -0.338 e. The van der Waals surface area contributed by atoms with Crippen LogP contribution < -0.4 is 5.73 Å². The van der Waals surface area contributed by atoms with E-state index in [2.05, 4.69) is 0 Å². The van der Waals surface area contributed by atoms with Crippen LogP contribution >= 0.6 is 23.2 Å². The highest BCUT2D eigenvalue weighted by Crippen LogP contribution is 2.22. The van der Waals surface area contributed by atoms with E-state index >= 15 is 0 Å². The molecule has 0 aliphatic carbocycles. The first-order chi connectivity index (χ1) is 8.56. The molecule has 0 spiro atoms. The maximum absolute atomic E-state index is 11.9. The highest BCUT2D eigenvalue weighted by Gasteiger charge is 2.21. The second-order valence-electron chi connectivity index (χ2n) is 4.33. The lowest BCUT2D eigenvalue weighted by Gasteiger charge is -2.12. The molecule has 0 radical (unpaired) electrons. The monoisotopic (exact) mass is 284 g/mol. The Morgan fingerprint density at radius 3 is 2.89 bits per heavy atom. The molecule has 1 aliphatic heterocycles. The summed E-state index contributed by atoms with van der Waals surface area (Å²) in [7, 11) is 0. The van der Waals surface area contributed by atoms with Gasteiger partial charge in [0.25, 0.3) is 0 Å². The van der Waals surface area contributed by atoms with E-state index in [0.29, 0.717) is 23.1 Å². The number of rotatable bonds is 2. The van der Waals surface area contributed by atoms with Crippen molar-refractivity contribution in [2.24, 2.45) is 5.73 Å². The third kappa shape index (κ3) is 3.25. The number of halogens is 2. The number of nitrogens with zero attached hydrogens (tertiary/aromatic N) is 1. The Balaban J connectivity index is 2.06. The SMILES string of the molecule is N[C@@H]1CCN(C(=O)C=Cc2cc(Cl)ccc2Cl)C1. The van der Waals surface area contributed by atoms with Crippen LogP contribution in [0, 0.1) is 0 Å². The molecule has 1 atom stereocenters. The molecule has 1 amide bonds. The van der Waals surface area contributed by atoms with Crippen LogP contribution in [-0.2, 0) is 4.79 Å². The summed E-state index contributed by atoms with van der Waals surface area (Å²) in [6.07, 6.45) is 4.05. The number of benzene rings is 1. The lowest BCUT2D eigenvalue weighted by Crippen LogP contribution is -2.30. The molecule has 1 aromatic carbocycles. The van der Waals surface area contributed by atoms with Gasteiger partial charge in [-0.15, -0.1) is 0 Å². The predicted molar refractivity (Wildman–Crippen MR) is 74.7 cm³/mol. The van der Waals surface area contributed by atoms with E-state index in [4.69, 9.17) is 28.9 Å². The number of amides is 1. The van der Waals surface area contributed by atoms with Crippen LogP contribution in [0.5, 0.6) is 0 Å². The molecule has 2 N–H and O–H groups in total. The molecule has 0 aromatic heterocycles. The molecule has 5 heteroatoms. The summed E-state index contributed by atoms with van der Waals surface area (Å²) in [5.41, 5.74) is 6.49. The predicted octanol–water partition coefficient (Wildman–Crippen LogP) is 2.57. The Kier molecular flexibility index (Phi) is 4.27. The molecular weight excluding hydrogens is 271 g/mol. The maximum atomic E-state index is 11.9. The van der Waals surface area contributed by atoms with Gasteiger partial charge in [0.2, 0.25) is 5.91 Å². The molecule has 1 saturated heterocycles. The Hall–Kier alpha value is -1.03. The van der Waals surface area contributed by atoms with Crippen LogP contribution in [-0.4, -0.2) is 29.9 Å². The Labute approximate surface area is 116 Å².